The third-order valence-corrected chi connectivity index (χ3v) is 6.95. The van der Waals surface area contributed by atoms with Crippen LogP contribution >= 0.6 is 0 Å². The first-order valence-corrected chi connectivity index (χ1v) is 11.5. The number of fused-ring (bicyclic) bond motifs is 1. The molecule has 0 radical (unpaired) electrons. The maximum atomic E-state index is 15.3. The minimum absolute atomic E-state index is 0.221. The Kier molecular flexibility index (Phi) is 6.97. The molecule has 1 fully saturated rings. The quantitative estimate of drug-likeness (QED) is 0.304. The van der Waals surface area contributed by atoms with Gasteiger partial charge in [0.15, 0.2) is 11.6 Å². The van der Waals surface area contributed by atoms with E-state index in [1.54, 1.807) is 0 Å². The van der Waals surface area contributed by atoms with Crippen molar-refractivity contribution >= 4 is 0 Å². The number of hydrogen-bond acceptors (Lipinski definition) is 1. The van der Waals surface area contributed by atoms with Crippen LogP contribution in [0.3, 0.4) is 0 Å². The second-order valence-corrected chi connectivity index (χ2v) is 9.17. The van der Waals surface area contributed by atoms with Crippen molar-refractivity contribution in [2.75, 3.05) is 0 Å². The Bertz CT molecular complexity index is 1070. The largest absolute Gasteiger partial charge is 0.573 e. The molecule has 1 nitrogen and oxygen atoms in total. The topological polar surface area (TPSA) is 9.23 Å². The molecule has 2 aromatic carbocycles. The maximum absolute atomic E-state index is 15.3. The number of ether oxygens (including phenoxy) is 1. The molecule has 0 aliphatic heterocycles. The minimum Gasteiger partial charge on any atom is -0.399 e. The second kappa shape index (κ2) is 9.62. The molecular formula is C26H25F7O. The summed E-state index contributed by atoms with van der Waals surface area (Å²) in [4.78, 5) is 0. The van der Waals surface area contributed by atoms with Gasteiger partial charge in [-0.25, -0.2) is 17.6 Å². The number of alkyl halides is 3. The van der Waals surface area contributed by atoms with Crippen LogP contribution in [-0.4, -0.2) is 6.36 Å². The molecule has 2 aromatic rings. The van der Waals surface area contributed by atoms with Crippen molar-refractivity contribution in [2.24, 2.45) is 11.8 Å². The zero-order valence-corrected chi connectivity index (χ0v) is 18.7. The van der Waals surface area contributed by atoms with E-state index < -0.39 is 46.5 Å². The van der Waals surface area contributed by atoms with Crippen LogP contribution in [0, 0.1) is 35.1 Å². The fraction of sp³-hybridized carbons (Fsp3) is 0.462. The molecule has 34 heavy (non-hydrogen) atoms. The van der Waals surface area contributed by atoms with Gasteiger partial charge in [0.25, 0.3) is 0 Å². The number of rotatable bonds is 5. The lowest BCUT2D eigenvalue weighted by atomic mass is 9.73. The van der Waals surface area contributed by atoms with Gasteiger partial charge in [-0.2, -0.15) is 0 Å². The van der Waals surface area contributed by atoms with Gasteiger partial charge in [-0.1, -0.05) is 31.4 Å². The van der Waals surface area contributed by atoms with Crippen LogP contribution in [0.25, 0.3) is 11.1 Å². The Morgan fingerprint density at radius 2 is 1.56 bits per heavy atom. The molecular weight excluding hydrogens is 461 g/mol. The number of benzene rings is 2. The van der Waals surface area contributed by atoms with Gasteiger partial charge in [0.05, 0.1) is 5.56 Å². The van der Waals surface area contributed by atoms with E-state index in [-0.39, 0.29) is 12.0 Å². The molecule has 4 rings (SSSR count). The third-order valence-electron chi connectivity index (χ3n) is 6.95. The normalized spacial score (nSPS) is 20.6. The Morgan fingerprint density at radius 3 is 2.15 bits per heavy atom. The Morgan fingerprint density at radius 1 is 0.912 bits per heavy atom. The van der Waals surface area contributed by atoms with Crippen molar-refractivity contribution in [3.8, 4) is 16.9 Å². The first-order chi connectivity index (χ1) is 16.1. The maximum Gasteiger partial charge on any atom is 0.573 e. The third kappa shape index (κ3) is 5.10. The van der Waals surface area contributed by atoms with Crippen LogP contribution < -0.4 is 4.74 Å². The molecule has 0 aromatic heterocycles. The van der Waals surface area contributed by atoms with E-state index in [2.05, 4.69) is 11.7 Å². The van der Waals surface area contributed by atoms with Crippen LogP contribution in [-0.2, 0) is 12.8 Å². The van der Waals surface area contributed by atoms with E-state index >= 15 is 4.39 Å². The summed E-state index contributed by atoms with van der Waals surface area (Å²) < 4.78 is 99.0. The summed E-state index contributed by atoms with van der Waals surface area (Å²) in [7, 11) is 0. The molecule has 0 unspecified atom stereocenters. The number of allylic oxidation sites excluding steroid dienone is 2. The van der Waals surface area contributed by atoms with E-state index in [0.717, 1.165) is 38.0 Å². The number of halogens is 7. The van der Waals surface area contributed by atoms with Gasteiger partial charge in [-0.15, -0.1) is 13.2 Å². The molecule has 1 saturated carbocycles. The Hall–Kier alpha value is -2.51. The summed E-state index contributed by atoms with van der Waals surface area (Å²) in [6.07, 6.45) is 4.07. The highest BCUT2D eigenvalue weighted by molar-refractivity contribution is 5.68. The highest BCUT2D eigenvalue weighted by Gasteiger charge is 2.35. The molecule has 0 spiro atoms. The van der Waals surface area contributed by atoms with Crippen LogP contribution in [0.15, 0.2) is 29.8 Å². The van der Waals surface area contributed by atoms with E-state index in [1.165, 1.54) is 18.1 Å². The Labute approximate surface area is 193 Å². The Balaban J connectivity index is 1.59. The zero-order chi connectivity index (χ0) is 24.6. The summed E-state index contributed by atoms with van der Waals surface area (Å²) in [5, 5.41) is 0. The average molecular weight is 486 g/mol. The fourth-order valence-electron chi connectivity index (χ4n) is 5.34. The van der Waals surface area contributed by atoms with E-state index in [4.69, 9.17) is 0 Å². The van der Waals surface area contributed by atoms with Gasteiger partial charge in [0.1, 0.15) is 11.6 Å². The molecule has 2 aliphatic carbocycles. The van der Waals surface area contributed by atoms with Gasteiger partial charge < -0.3 is 4.74 Å². The molecule has 0 amide bonds. The lowest BCUT2D eigenvalue weighted by molar-refractivity contribution is -0.276. The van der Waals surface area contributed by atoms with Crippen LogP contribution in [0.4, 0.5) is 30.7 Å². The van der Waals surface area contributed by atoms with Crippen molar-refractivity contribution in [1.82, 2.24) is 0 Å². The van der Waals surface area contributed by atoms with Crippen molar-refractivity contribution in [3.63, 3.8) is 0 Å². The molecule has 0 saturated heterocycles. The van der Waals surface area contributed by atoms with Gasteiger partial charge in [-0.3, -0.25) is 0 Å². The van der Waals surface area contributed by atoms with Crippen molar-refractivity contribution in [2.45, 2.75) is 64.7 Å². The van der Waals surface area contributed by atoms with Crippen LogP contribution in [0.2, 0.25) is 0 Å². The molecule has 0 bridgehead atoms. The molecule has 2 aliphatic rings. The lowest BCUT2D eigenvalue weighted by Crippen LogP contribution is -2.20. The lowest BCUT2D eigenvalue weighted by Gasteiger charge is -2.32. The second-order valence-electron chi connectivity index (χ2n) is 9.17. The predicted molar refractivity (Wildman–Crippen MR) is 114 cm³/mol. The van der Waals surface area contributed by atoms with Gasteiger partial charge in [-0.05, 0) is 85.3 Å². The smallest absolute Gasteiger partial charge is 0.399 e. The fourth-order valence-corrected chi connectivity index (χ4v) is 5.34. The first-order valence-electron chi connectivity index (χ1n) is 11.5. The summed E-state index contributed by atoms with van der Waals surface area (Å²) >= 11 is 0. The molecule has 184 valence electrons. The number of hydrogen-bond donors (Lipinski definition) is 0. The predicted octanol–water partition coefficient (Wildman–Crippen LogP) is 8.44. The highest BCUT2D eigenvalue weighted by atomic mass is 19.4. The van der Waals surface area contributed by atoms with E-state index in [9.17, 15) is 26.3 Å². The van der Waals surface area contributed by atoms with Crippen molar-refractivity contribution in [3.05, 3.63) is 64.2 Å². The minimum atomic E-state index is -5.31. The first kappa shape index (κ1) is 24.6. The highest BCUT2D eigenvalue weighted by Crippen LogP contribution is 2.41. The summed E-state index contributed by atoms with van der Waals surface area (Å²) in [5.74, 6) is -5.93. The summed E-state index contributed by atoms with van der Waals surface area (Å²) in [5.41, 5.74) is 0.680. The van der Waals surface area contributed by atoms with Gasteiger partial charge in [0.2, 0.25) is 5.75 Å². The van der Waals surface area contributed by atoms with Crippen LogP contribution in [0.1, 0.15) is 56.6 Å². The van der Waals surface area contributed by atoms with Gasteiger partial charge >= 0.3 is 6.36 Å². The van der Waals surface area contributed by atoms with Crippen LogP contribution in [0.5, 0.6) is 5.75 Å². The molecule has 8 heteroatoms. The summed E-state index contributed by atoms with van der Waals surface area (Å²) in [6.45, 7) is 2.18. The van der Waals surface area contributed by atoms with E-state index in [0.29, 0.717) is 30.0 Å². The molecule has 0 N–H and O–H groups in total. The van der Waals surface area contributed by atoms with E-state index in [1.807, 2.05) is 6.08 Å². The summed E-state index contributed by atoms with van der Waals surface area (Å²) in [6, 6.07) is 2.05. The molecule has 0 atom stereocenters. The monoisotopic (exact) mass is 486 g/mol. The van der Waals surface area contributed by atoms with Crippen molar-refractivity contribution < 1.29 is 35.5 Å². The van der Waals surface area contributed by atoms with Gasteiger partial charge in [0, 0.05) is 0 Å². The zero-order valence-electron chi connectivity index (χ0n) is 18.7. The SMILES string of the molecule is CCCC1CCC(C2=CCc3c(cc(F)c(-c4cc(F)c(OC(F)(F)F)c(F)c4)c3F)C2)CC1. The molecule has 0 heterocycles. The average Bonchev–Trinajstić information content (AvgIpc) is 2.76. The van der Waals surface area contributed by atoms with Crippen molar-refractivity contribution in [1.29, 1.82) is 0 Å². The standard InChI is InChI=1S/C26H25F7O/c1-2-3-14-4-6-15(7-5-14)16-8-9-19-17(10-16)11-20(27)23(24(19)30)18-12-21(28)25(22(29)13-18)34-26(31,32)33/h8,11-15H,2-7,9-10H2,1H3.